The molecule has 1 aliphatic carbocycles. The van der Waals surface area contributed by atoms with Crippen molar-refractivity contribution in [3.63, 3.8) is 0 Å². The summed E-state index contributed by atoms with van der Waals surface area (Å²) in [6, 6.07) is -0.523. The molecule has 1 saturated carbocycles. The Labute approximate surface area is 106 Å². The van der Waals surface area contributed by atoms with Crippen molar-refractivity contribution < 1.29 is 4.79 Å². The monoisotopic (exact) mass is 252 g/mol. The highest BCUT2D eigenvalue weighted by molar-refractivity contribution is 5.94. The van der Waals surface area contributed by atoms with E-state index in [0.29, 0.717) is 0 Å². The first-order valence-electron chi connectivity index (χ1n) is 6.40. The lowest BCUT2D eigenvalue weighted by Gasteiger charge is -2.26. The summed E-state index contributed by atoms with van der Waals surface area (Å²) in [5.41, 5.74) is 5.92. The summed E-state index contributed by atoms with van der Waals surface area (Å²) < 4.78 is 1.50. The van der Waals surface area contributed by atoms with Gasteiger partial charge in [0.25, 0.3) is 5.56 Å². The molecule has 1 aromatic rings. The Morgan fingerprint density at radius 2 is 2.17 bits per heavy atom. The van der Waals surface area contributed by atoms with E-state index < -0.39 is 6.04 Å². The van der Waals surface area contributed by atoms with Gasteiger partial charge in [0.1, 0.15) is 5.69 Å². The Balaban J connectivity index is 1.98. The van der Waals surface area contributed by atoms with Crippen LogP contribution in [0.5, 0.6) is 0 Å². The minimum absolute atomic E-state index is 0.238. The fourth-order valence-corrected chi connectivity index (χ4v) is 2.52. The third kappa shape index (κ3) is 2.81. The van der Waals surface area contributed by atoms with Crippen LogP contribution in [-0.2, 0) is 11.8 Å². The van der Waals surface area contributed by atoms with Gasteiger partial charge in [0, 0.05) is 7.05 Å². The molecule has 4 N–H and O–H groups in total. The van der Waals surface area contributed by atoms with Crippen molar-refractivity contribution >= 4 is 11.6 Å². The van der Waals surface area contributed by atoms with Gasteiger partial charge in [-0.15, -0.1) is 0 Å². The van der Waals surface area contributed by atoms with Crippen LogP contribution in [-0.4, -0.2) is 21.7 Å². The molecular weight excluding hydrogens is 232 g/mol. The van der Waals surface area contributed by atoms with Gasteiger partial charge in [0.05, 0.1) is 12.2 Å². The summed E-state index contributed by atoms with van der Waals surface area (Å²) in [7, 11) is 1.69. The Morgan fingerprint density at radius 3 is 2.72 bits per heavy atom. The second-order valence-corrected chi connectivity index (χ2v) is 5.01. The summed E-state index contributed by atoms with van der Waals surface area (Å²) in [5.74, 6) is -0.0276. The number of nitrogens with one attached hydrogen (secondary N) is 2. The van der Waals surface area contributed by atoms with Gasteiger partial charge in [-0.05, 0) is 18.8 Å². The molecule has 2 rings (SSSR count). The molecule has 1 fully saturated rings. The molecule has 0 saturated heterocycles. The van der Waals surface area contributed by atoms with Gasteiger partial charge in [-0.2, -0.15) is 0 Å². The van der Waals surface area contributed by atoms with Gasteiger partial charge in [0.2, 0.25) is 5.91 Å². The van der Waals surface area contributed by atoms with Crippen LogP contribution in [0.25, 0.3) is 0 Å². The van der Waals surface area contributed by atoms with E-state index >= 15 is 0 Å². The molecule has 1 amide bonds. The third-order valence-corrected chi connectivity index (χ3v) is 3.56. The summed E-state index contributed by atoms with van der Waals surface area (Å²) >= 11 is 0. The fourth-order valence-electron chi connectivity index (χ4n) is 2.52. The number of H-pyrrole nitrogens is 1. The van der Waals surface area contributed by atoms with Gasteiger partial charge < -0.3 is 11.1 Å². The maximum absolute atomic E-state index is 12.0. The molecule has 0 spiro atoms. The summed E-state index contributed by atoms with van der Waals surface area (Å²) in [5, 5.41) is 5.14. The van der Waals surface area contributed by atoms with Crippen molar-refractivity contribution in [2.24, 2.45) is 18.7 Å². The predicted octanol–water partition coefficient (Wildman–Crippen LogP) is 0.559. The molecule has 1 unspecified atom stereocenters. The standard InChI is InChI=1S/C12H20N4O2/c1-16-7-9(11(17)15-16)14-12(18)10(13)8-5-3-2-4-6-8/h7-8,10H,2-6,13H2,1H3,(H,14,18)(H,15,17). The van der Waals surface area contributed by atoms with Gasteiger partial charge in [-0.1, -0.05) is 19.3 Å². The number of rotatable bonds is 3. The first-order valence-corrected chi connectivity index (χ1v) is 6.40. The highest BCUT2D eigenvalue weighted by atomic mass is 16.2. The number of hydrogen-bond donors (Lipinski definition) is 3. The first kappa shape index (κ1) is 12.9. The van der Waals surface area contributed by atoms with E-state index in [2.05, 4.69) is 10.4 Å². The number of aryl methyl sites for hydroxylation is 1. The zero-order valence-corrected chi connectivity index (χ0v) is 10.6. The summed E-state index contributed by atoms with van der Waals surface area (Å²) in [4.78, 5) is 23.4. The average Bonchev–Trinajstić information content (AvgIpc) is 2.68. The van der Waals surface area contributed by atoms with Crippen LogP contribution in [0.1, 0.15) is 32.1 Å². The molecule has 1 aromatic heterocycles. The van der Waals surface area contributed by atoms with Crippen LogP contribution < -0.4 is 16.6 Å². The van der Waals surface area contributed by atoms with E-state index in [-0.39, 0.29) is 23.1 Å². The van der Waals surface area contributed by atoms with Gasteiger partial charge in [0.15, 0.2) is 0 Å². The maximum Gasteiger partial charge on any atom is 0.287 e. The number of nitrogens with zero attached hydrogens (tertiary/aromatic N) is 1. The largest absolute Gasteiger partial charge is 0.320 e. The molecule has 6 nitrogen and oxygen atoms in total. The average molecular weight is 252 g/mol. The molecule has 0 aliphatic heterocycles. The normalized spacial score (nSPS) is 18.6. The Hall–Kier alpha value is -1.56. The van der Waals surface area contributed by atoms with Crippen molar-refractivity contribution in [2.75, 3.05) is 5.32 Å². The van der Waals surface area contributed by atoms with Crippen LogP contribution in [0, 0.1) is 5.92 Å². The number of hydrogen-bond acceptors (Lipinski definition) is 3. The van der Waals surface area contributed by atoms with Gasteiger partial charge in [-0.25, -0.2) is 0 Å². The van der Waals surface area contributed by atoms with E-state index in [4.69, 9.17) is 5.73 Å². The molecule has 1 heterocycles. The smallest absolute Gasteiger partial charge is 0.287 e. The number of anilines is 1. The SMILES string of the molecule is Cn1cc(NC(=O)C(N)C2CCCCC2)c(=O)[nH]1. The highest BCUT2D eigenvalue weighted by Gasteiger charge is 2.26. The van der Waals surface area contributed by atoms with Gasteiger partial charge in [-0.3, -0.25) is 19.4 Å². The number of aromatic amines is 1. The quantitative estimate of drug-likeness (QED) is 0.733. The maximum atomic E-state index is 12.0. The second-order valence-electron chi connectivity index (χ2n) is 5.01. The van der Waals surface area contributed by atoms with Crippen LogP contribution in [0.3, 0.4) is 0 Å². The molecule has 1 aliphatic rings. The molecule has 18 heavy (non-hydrogen) atoms. The zero-order valence-electron chi connectivity index (χ0n) is 10.6. The third-order valence-electron chi connectivity index (χ3n) is 3.56. The molecule has 0 aromatic carbocycles. The number of carbonyl (C=O) groups is 1. The van der Waals surface area contributed by atoms with Gasteiger partial charge >= 0.3 is 0 Å². The van der Waals surface area contributed by atoms with Crippen molar-refractivity contribution in [3.8, 4) is 0 Å². The molecule has 0 bridgehead atoms. The Morgan fingerprint density at radius 1 is 1.50 bits per heavy atom. The van der Waals surface area contributed by atoms with E-state index in [1.807, 2.05) is 0 Å². The lowest BCUT2D eigenvalue weighted by molar-refractivity contribution is -0.118. The lowest BCUT2D eigenvalue weighted by atomic mass is 9.84. The Bertz CT molecular complexity index is 471. The highest BCUT2D eigenvalue weighted by Crippen LogP contribution is 2.25. The van der Waals surface area contributed by atoms with Crippen molar-refractivity contribution in [1.82, 2.24) is 9.78 Å². The first-order chi connectivity index (χ1) is 8.58. The number of aromatic nitrogens is 2. The molecule has 0 radical (unpaired) electrons. The second kappa shape index (κ2) is 5.39. The molecule has 6 heteroatoms. The van der Waals surface area contributed by atoms with Crippen molar-refractivity contribution in [3.05, 3.63) is 16.6 Å². The van der Waals surface area contributed by atoms with Crippen molar-refractivity contribution in [2.45, 2.75) is 38.1 Å². The summed E-state index contributed by atoms with van der Waals surface area (Å²) in [6.45, 7) is 0. The van der Waals surface area contributed by atoms with Crippen molar-refractivity contribution in [1.29, 1.82) is 0 Å². The Kier molecular flexibility index (Phi) is 3.86. The van der Waals surface area contributed by atoms with E-state index in [1.54, 1.807) is 13.2 Å². The molecule has 100 valence electrons. The van der Waals surface area contributed by atoms with E-state index in [0.717, 1.165) is 25.7 Å². The minimum atomic E-state index is -0.523. The van der Waals surface area contributed by atoms with Crippen LogP contribution >= 0.6 is 0 Å². The number of amides is 1. The zero-order chi connectivity index (χ0) is 13.1. The predicted molar refractivity (Wildman–Crippen MR) is 69.2 cm³/mol. The minimum Gasteiger partial charge on any atom is -0.320 e. The number of carbonyl (C=O) groups excluding carboxylic acids is 1. The summed E-state index contributed by atoms with van der Waals surface area (Å²) in [6.07, 6.45) is 7.05. The van der Waals surface area contributed by atoms with Crippen LogP contribution in [0.2, 0.25) is 0 Å². The number of nitrogens with two attached hydrogens (primary N) is 1. The van der Waals surface area contributed by atoms with Crippen LogP contribution in [0.15, 0.2) is 11.0 Å². The molecular formula is C12H20N4O2. The topological polar surface area (TPSA) is 92.9 Å². The molecule has 1 atom stereocenters. The fraction of sp³-hybridized carbons (Fsp3) is 0.667. The van der Waals surface area contributed by atoms with Crippen LogP contribution in [0.4, 0.5) is 5.69 Å². The van der Waals surface area contributed by atoms with E-state index in [1.165, 1.54) is 11.1 Å². The van der Waals surface area contributed by atoms with E-state index in [9.17, 15) is 9.59 Å². The lowest BCUT2D eigenvalue weighted by Crippen LogP contribution is -2.43.